The highest BCUT2D eigenvalue weighted by molar-refractivity contribution is 7.55. The highest BCUT2D eigenvalue weighted by Gasteiger charge is 2.40. The van der Waals surface area contributed by atoms with Gasteiger partial charge in [0.25, 0.3) is 0 Å². The molecule has 0 spiro atoms. The zero-order valence-electron chi connectivity index (χ0n) is 14.2. The van der Waals surface area contributed by atoms with Crippen LogP contribution < -0.4 is 4.67 Å². The molecule has 1 rings (SSSR count). The minimum absolute atomic E-state index is 0.535. The van der Waals surface area contributed by atoms with Crippen LogP contribution in [-0.4, -0.2) is 17.7 Å². The second-order valence-electron chi connectivity index (χ2n) is 6.93. The van der Waals surface area contributed by atoms with Crippen LogP contribution >= 0.6 is 7.75 Å². The maximum Gasteiger partial charge on any atom is 0.436 e. The van der Waals surface area contributed by atoms with Gasteiger partial charge in [-0.05, 0) is 60.6 Å². The lowest BCUT2D eigenvalue weighted by atomic mass is 10.2. The third-order valence-electron chi connectivity index (χ3n) is 2.43. The summed E-state index contributed by atoms with van der Waals surface area (Å²) in [5.41, 5.74) is -0.303. The molecule has 0 saturated carbocycles. The summed E-state index contributed by atoms with van der Waals surface area (Å²) in [4.78, 5) is 0. The van der Waals surface area contributed by atoms with Gasteiger partial charge in [0.1, 0.15) is 0 Å². The van der Waals surface area contributed by atoms with E-state index in [1.54, 1.807) is 4.67 Å². The second kappa shape index (κ2) is 6.51. The quantitative estimate of drug-likeness (QED) is 0.696. The van der Waals surface area contributed by atoms with Gasteiger partial charge in [-0.25, -0.2) is 4.57 Å². The van der Waals surface area contributed by atoms with E-state index in [1.807, 2.05) is 78.8 Å². The number of para-hydroxylation sites is 1. The first-order valence-electron chi connectivity index (χ1n) is 7.31. The minimum Gasteiger partial charge on any atom is -0.286 e. The summed E-state index contributed by atoms with van der Waals surface area (Å²) in [6.07, 6.45) is 0. The van der Waals surface area contributed by atoms with Crippen LogP contribution in [0.4, 0.5) is 5.69 Å². The summed E-state index contributed by atoms with van der Waals surface area (Å²) in [6, 6.07) is 9.58. The average Bonchev–Trinajstić information content (AvgIpc) is 2.25. The first-order valence-corrected chi connectivity index (χ1v) is 8.81. The smallest absolute Gasteiger partial charge is 0.286 e. The van der Waals surface area contributed by atoms with E-state index in [2.05, 4.69) is 0 Å². The first kappa shape index (κ1) is 18.2. The van der Waals surface area contributed by atoms with Crippen molar-refractivity contribution >= 4 is 13.4 Å². The molecule has 0 N–H and O–H groups in total. The van der Waals surface area contributed by atoms with Gasteiger partial charge in [-0.3, -0.25) is 13.7 Å². The number of hydrogen-bond acceptors (Lipinski definition) is 3. The molecule has 0 aromatic heterocycles. The predicted molar refractivity (Wildman–Crippen MR) is 88.7 cm³/mol. The molecule has 0 amide bonds. The molecule has 0 heterocycles. The Balaban J connectivity index is 3.24. The third kappa shape index (κ3) is 5.82. The van der Waals surface area contributed by atoms with Crippen LogP contribution in [0.2, 0.25) is 0 Å². The van der Waals surface area contributed by atoms with E-state index < -0.39 is 18.9 Å². The van der Waals surface area contributed by atoms with Gasteiger partial charge in [0.2, 0.25) is 0 Å². The van der Waals surface area contributed by atoms with E-state index in [9.17, 15) is 4.57 Å². The van der Waals surface area contributed by atoms with E-state index in [0.717, 1.165) is 5.69 Å². The van der Waals surface area contributed by atoms with Crippen molar-refractivity contribution in [3.63, 3.8) is 0 Å². The molecule has 5 heteroatoms. The molecular weight excluding hydrogens is 285 g/mol. The summed E-state index contributed by atoms with van der Waals surface area (Å²) < 4.78 is 26.9. The SMILES string of the molecule is CCN(c1ccccc1)P(=O)(OC(C)(C)C)OC(C)(C)C. The second-order valence-corrected chi connectivity index (χ2v) is 8.71. The standard InChI is InChI=1S/C16H28NO3P/c1-8-17(14-12-10-9-11-13-14)21(18,19-15(2,3)4)20-16(5,6)7/h9-13H,8H2,1-7H3. The Morgan fingerprint density at radius 1 is 0.952 bits per heavy atom. The largest absolute Gasteiger partial charge is 0.436 e. The molecule has 4 nitrogen and oxygen atoms in total. The Morgan fingerprint density at radius 3 is 1.71 bits per heavy atom. The average molecular weight is 313 g/mol. The highest BCUT2D eigenvalue weighted by atomic mass is 31.2. The molecule has 0 unspecified atom stereocenters. The number of nitrogens with zero attached hydrogens (tertiary/aromatic N) is 1. The van der Waals surface area contributed by atoms with Gasteiger partial charge in [-0.15, -0.1) is 0 Å². The van der Waals surface area contributed by atoms with Gasteiger partial charge in [-0.1, -0.05) is 18.2 Å². The third-order valence-corrected chi connectivity index (χ3v) is 5.09. The van der Waals surface area contributed by atoms with Crippen LogP contribution in [0, 0.1) is 0 Å². The van der Waals surface area contributed by atoms with Crippen LogP contribution in [0.3, 0.4) is 0 Å². The Bertz CT molecular complexity index is 468. The van der Waals surface area contributed by atoms with Crippen LogP contribution in [-0.2, 0) is 13.6 Å². The van der Waals surface area contributed by atoms with E-state index >= 15 is 0 Å². The Kier molecular flexibility index (Phi) is 5.65. The number of rotatable bonds is 5. The van der Waals surface area contributed by atoms with Crippen LogP contribution in [0.1, 0.15) is 48.5 Å². The fraction of sp³-hybridized carbons (Fsp3) is 0.625. The van der Waals surface area contributed by atoms with Crippen LogP contribution in [0.15, 0.2) is 30.3 Å². The van der Waals surface area contributed by atoms with E-state index in [4.69, 9.17) is 9.05 Å². The van der Waals surface area contributed by atoms with Crippen molar-refractivity contribution < 1.29 is 13.6 Å². The van der Waals surface area contributed by atoms with Gasteiger partial charge < -0.3 is 0 Å². The lowest BCUT2D eigenvalue weighted by molar-refractivity contribution is 0.0481. The normalized spacial score (nSPS) is 13.3. The molecule has 0 saturated heterocycles. The molecule has 120 valence electrons. The molecule has 0 bridgehead atoms. The summed E-state index contributed by atoms with van der Waals surface area (Å²) in [7, 11) is -3.46. The number of hydrogen-bond donors (Lipinski definition) is 0. The monoisotopic (exact) mass is 313 g/mol. The fourth-order valence-electron chi connectivity index (χ4n) is 1.91. The van der Waals surface area contributed by atoms with Gasteiger partial charge in [0.05, 0.1) is 11.2 Å². The van der Waals surface area contributed by atoms with Gasteiger partial charge in [0.15, 0.2) is 0 Å². The lowest BCUT2D eigenvalue weighted by Gasteiger charge is -2.38. The first-order chi connectivity index (χ1) is 9.47. The van der Waals surface area contributed by atoms with E-state index in [1.165, 1.54) is 0 Å². The van der Waals surface area contributed by atoms with Crippen LogP contribution in [0.25, 0.3) is 0 Å². The molecule has 0 fully saturated rings. The summed E-state index contributed by atoms with van der Waals surface area (Å²) in [5.74, 6) is 0. The lowest BCUT2D eigenvalue weighted by Crippen LogP contribution is -2.32. The molecule has 0 radical (unpaired) electrons. The zero-order chi connectivity index (χ0) is 16.3. The van der Waals surface area contributed by atoms with Crippen molar-refractivity contribution in [2.75, 3.05) is 11.2 Å². The summed E-state index contributed by atoms with van der Waals surface area (Å²) >= 11 is 0. The molecule has 0 aliphatic carbocycles. The van der Waals surface area contributed by atoms with Crippen molar-refractivity contribution in [1.29, 1.82) is 0 Å². The van der Waals surface area contributed by atoms with Gasteiger partial charge in [-0.2, -0.15) is 0 Å². The van der Waals surface area contributed by atoms with Crippen molar-refractivity contribution in [1.82, 2.24) is 0 Å². The molecule has 0 aliphatic rings. The van der Waals surface area contributed by atoms with Crippen molar-refractivity contribution in [3.8, 4) is 0 Å². The van der Waals surface area contributed by atoms with Crippen molar-refractivity contribution in [3.05, 3.63) is 30.3 Å². The van der Waals surface area contributed by atoms with E-state index in [0.29, 0.717) is 6.54 Å². The summed E-state index contributed by atoms with van der Waals surface area (Å²) in [5, 5.41) is 0. The number of benzene rings is 1. The van der Waals surface area contributed by atoms with Crippen LogP contribution in [0.5, 0.6) is 0 Å². The van der Waals surface area contributed by atoms with Crippen molar-refractivity contribution in [2.24, 2.45) is 0 Å². The molecule has 0 aliphatic heterocycles. The van der Waals surface area contributed by atoms with Gasteiger partial charge in [0, 0.05) is 12.2 Å². The number of anilines is 1. The highest BCUT2D eigenvalue weighted by Crippen LogP contribution is 2.58. The predicted octanol–water partition coefficient (Wildman–Crippen LogP) is 5.25. The van der Waals surface area contributed by atoms with Gasteiger partial charge >= 0.3 is 7.75 Å². The maximum atomic E-state index is 13.5. The summed E-state index contributed by atoms with van der Waals surface area (Å²) in [6.45, 7) is 13.8. The Hall–Kier alpha value is -0.830. The topological polar surface area (TPSA) is 38.8 Å². The fourth-order valence-corrected chi connectivity index (χ4v) is 4.29. The molecule has 1 aromatic carbocycles. The van der Waals surface area contributed by atoms with Crippen molar-refractivity contribution in [2.45, 2.75) is 59.7 Å². The Morgan fingerprint density at radius 2 is 1.38 bits per heavy atom. The zero-order valence-corrected chi connectivity index (χ0v) is 15.1. The van der Waals surface area contributed by atoms with E-state index in [-0.39, 0.29) is 0 Å². The molecule has 1 aromatic rings. The minimum atomic E-state index is -3.46. The maximum absolute atomic E-state index is 13.5. The molecule has 0 atom stereocenters. The molecule has 21 heavy (non-hydrogen) atoms. The molecular formula is C16H28NO3P. The Labute approximate surface area is 129 Å².